The summed E-state index contributed by atoms with van der Waals surface area (Å²) < 4.78 is 5.13. The number of rotatable bonds is 7. The van der Waals surface area contributed by atoms with Gasteiger partial charge in [-0.05, 0) is 48.9 Å². The van der Waals surface area contributed by atoms with E-state index in [1.54, 1.807) is 37.4 Å². The average molecular weight is 468 g/mol. The third kappa shape index (κ3) is 4.45. The van der Waals surface area contributed by atoms with Crippen LogP contribution >= 0.6 is 11.8 Å². The van der Waals surface area contributed by atoms with Gasteiger partial charge >= 0.3 is 0 Å². The fourth-order valence-corrected chi connectivity index (χ4v) is 5.02. The Morgan fingerprint density at radius 2 is 1.82 bits per heavy atom. The van der Waals surface area contributed by atoms with Gasteiger partial charge in [0.1, 0.15) is 11.8 Å². The van der Waals surface area contributed by atoms with E-state index in [0.717, 1.165) is 12.8 Å². The molecule has 0 aromatic heterocycles. The number of methoxy groups -OCH3 is 1. The fourth-order valence-electron chi connectivity index (χ4n) is 3.87. The monoisotopic (exact) mass is 467 g/mol. The van der Waals surface area contributed by atoms with Crippen LogP contribution in [-0.2, 0) is 4.79 Å². The molecule has 2 aromatic carbocycles. The third-order valence-electron chi connectivity index (χ3n) is 5.76. The van der Waals surface area contributed by atoms with Crippen molar-refractivity contribution >= 4 is 41.1 Å². The molecule has 4 rings (SSSR count). The lowest BCUT2D eigenvalue weighted by Crippen LogP contribution is -2.44. The number of amides is 4. The first-order chi connectivity index (χ1) is 15.9. The van der Waals surface area contributed by atoms with Crippen molar-refractivity contribution in [3.63, 3.8) is 0 Å². The summed E-state index contributed by atoms with van der Waals surface area (Å²) in [5.74, 6) is 0.201. The Morgan fingerprint density at radius 3 is 2.52 bits per heavy atom. The van der Waals surface area contributed by atoms with E-state index in [4.69, 9.17) is 4.74 Å². The molecule has 2 heterocycles. The lowest BCUT2D eigenvalue weighted by molar-refractivity contribution is -0.119. The standard InChI is InChI=1S/C24H25N3O5S/c1-3-4-11-26-23(30)18-10-5-15(12-19(18)24(26)31)22(29)27-14-33-13-20(27)21(28)25-16-6-8-17(32-2)9-7-16/h5-10,12,20H,3-4,11,13-14H2,1-2H3,(H,25,28). The minimum absolute atomic E-state index is 0.244. The van der Waals surface area contributed by atoms with Crippen LogP contribution in [0.4, 0.5) is 5.69 Å². The number of fused-ring (bicyclic) bond motifs is 1. The van der Waals surface area contributed by atoms with Crippen LogP contribution in [0.3, 0.4) is 0 Å². The van der Waals surface area contributed by atoms with Gasteiger partial charge in [0.05, 0.1) is 24.1 Å². The van der Waals surface area contributed by atoms with Gasteiger partial charge in [0, 0.05) is 23.5 Å². The van der Waals surface area contributed by atoms with Gasteiger partial charge in [0.25, 0.3) is 17.7 Å². The number of hydrogen-bond acceptors (Lipinski definition) is 6. The summed E-state index contributed by atoms with van der Waals surface area (Å²) in [5.41, 5.74) is 1.46. The number of ether oxygens (including phenoxy) is 1. The quantitative estimate of drug-likeness (QED) is 0.628. The Bertz CT molecular complexity index is 1100. The Kier molecular flexibility index (Phi) is 6.69. The molecule has 1 N–H and O–H groups in total. The summed E-state index contributed by atoms with van der Waals surface area (Å²) in [6.07, 6.45) is 1.59. The van der Waals surface area contributed by atoms with E-state index in [0.29, 0.717) is 35.2 Å². The van der Waals surface area contributed by atoms with Crippen molar-refractivity contribution < 1.29 is 23.9 Å². The highest BCUT2D eigenvalue weighted by Gasteiger charge is 2.38. The maximum Gasteiger partial charge on any atom is 0.261 e. The summed E-state index contributed by atoms with van der Waals surface area (Å²) in [4.78, 5) is 54.2. The minimum Gasteiger partial charge on any atom is -0.497 e. The second-order valence-electron chi connectivity index (χ2n) is 7.88. The van der Waals surface area contributed by atoms with Crippen LogP contribution in [0.2, 0.25) is 0 Å². The van der Waals surface area contributed by atoms with Crippen LogP contribution in [0.25, 0.3) is 0 Å². The van der Waals surface area contributed by atoms with Crippen molar-refractivity contribution in [3.8, 4) is 5.75 Å². The van der Waals surface area contributed by atoms with Gasteiger partial charge in [-0.25, -0.2) is 0 Å². The number of imide groups is 1. The maximum atomic E-state index is 13.2. The summed E-state index contributed by atoms with van der Waals surface area (Å²) >= 11 is 1.49. The predicted octanol–water partition coefficient (Wildman–Crippen LogP) is 3.25. The van der Waals surface area contributed by atoms with Crippen LogP contribution in [0.1, 0.15) is 50.8 Å². The predicted molar refractivity (Wildman–Crippen MR) is 126 cm³/mol. The van der Waals surface area contributed by atoms with Crippen molar-refractivity contribution in [1.82, 2.24) is 9.80 Å². The smallest absolute Gasteiger partial charge is 0.261 e. The van der Waals surface area contributed by atoms with Crippen LogP contribution in [0.15, 0.2) is 42.5 Å². The van der Waals surface area contributed by atoms with E-state index in [9.17, 15) is 19.2 Å². The molecule has 1 unspecified atom stereocenters. The maximum absolute atomic E-state index is 13.2. The number of nitrogens with zero attached hydrogens (tertiary/aromatic N) is 2. The molecule has 0 bridgehead atoms. The first-order valence-corrected chi connectivity index (χ1v) is 11.9. The van der Waals surface area contributed by atoms with E-state index < -0.39 is 6.04 Å². The Labute approximate surface area is 196 Å². The normalized spacial score (nSPS) is 17.3. The first kappa shape index (κ1) is 22.8. The molecule has 0 spiro atoms. The number of anilines is 1. The van der Waals surface area contributed by atoms with Crippen molar-refractivity contribution in [2.24, 2.45) is 0 Å². The van der Waals surface area contributed by atoms with Crippen molar-refractivity contribution in [1.29, 1.82) is 0 Å². The second-order valence-corrected chi connectivity index (χ2v) is 8.88. The van der Waals surface area contributed by atoms with Crippen LogP contribution < -0.4 is 10.1 Å². The number of thioether (sulfide) groups is 1. The molecule has 2 aromatic rings. The first-order valence-electron chi connectivity index (χ1n) is 10.8. The summed E-state index contributed by atoms with van der Waals surface area (Å²) in [7, 11) is 1.57. The second kappa shape index (κ2) is 9.66. The van der Waals surface area contributed by atoms with Crippen molar-refractivity contribution in [2.75, 3.05) is 30.6 Å². The van der Waals surface area contributed by atoms with Gasteiger partial charge in [-0.2, -0.15) is 0 Å². The van der Waals surface area contributed by atoms with Crippen molar-refractivity contribution in [3.05, 3.63) is 59.2 Å². The van der Waals surface area contributed by atoms with E-state index in [1.165, 1.54) is 33.7 Å². The van der Waals surface area contributed by atoms with Crippen LogP contribution in [-0.4, -0.2) is 64.8 Å². The highest BCUT2D eigenvalue weighted by Crippen LogP contribution is 2.28. The molecule has 33 heavy (non-hydrogen) atoms. The molecule has 0 aliphatic carbocycles. The minimum atomic E-state index is -0.642. The fraction of sp³-hybridized carbons (Fsp3) is 0.333. The van der Waals surface area contributed by atoms with Gasteiger partial charge in [0.15, 0.2) is 0 Å². The number of carbonyl (C=O) groups excluding carboxylic acids is 4. The van der Waals surface area contributed by atoms with Gasteiger partial charge in [-0.1, -0.05) is 13.3 Å². The highest BCUT2D eigenvalue weighted by molar-refractivity contribution is 7.99. The number of nitrogens with one attached hydrogen (secondary N) is 1. The lowest BCUT2D eigenvalue weighted by atomic mass is 10.0. The van der Waals surface area contributed by atoms with Gasteiger partial charge in [0.2, 0.25) is 5.91 Å². The summed E-state index contributed by atoms with van der Waals surface area (Å²) in [6, 6.07) is 10.9. The SMILES string of the molecule is CCCCN1C(=O)c2ccc(C(=O)N3CSCC3C(=O)Nc3ccc(OC)cc3)cc2C1=O. The molecule has 0 radical (unpaired) electrons. The molecule has 9 heteroatoms. The summed E-state index contributed by atoms with van der Waals surface area (Å²) in [5, 5.41) is 2.84. The summed E-state index contributed by atoms with van der Waals surface area (Å²) in [6.45, 7) is 2.35. The molecule has 172 valence electrons. The molecule has 1 atom stereocenters. The number of benzene rings is 2. The molecule has 0 saturated carbocycles. The molecule has 1 saturated heterocycles. The molecule has 2 aliphatic rings. The molecular weight excluding hydrogens is 442 g/mol. The molecule has 4 amide bonds. The zero-order chi connectivity index (χ0) is 23.5. The zero-order valence-electron chi connectivity index (χ0n) is 18.5. The third-order valence-corrected chi connectivity index (χ3v) is 6.77. The molecule has 8 nitrogen and oxygen atoms in total. The van der Waals surface area contributed by atoms with Crippen molar-refractivity contribution in [2.45, 2.75) is 25.8 Å². The van der Waals surface area contributed by atoms with Crippen LogP contribution in [0.5, 0.6) is 5.75 Å². The molecule has 2 aliphatic heterocycles. The topological polar surface area (TPSA) is 96.0 Å². The van der Waals surface area contributed by atoms with Gasteiger partial charge < -0.3 is 15.0 Å². The number of carbonyl (C=O) groups is 4. The van der Waals surface area contributed by atoms with E-state index in [2.05, 4.69) is 5.32 Å². The average Bonchev–Trinajstić information content (AvgIpc) is 3.41. The Hall–Kier alpha value is -3.33. The van der Waals surface area contributed by atoms with Gasteiger partial charge in [-0.15, -0.1) is 11.8 Å². The zero-order valence-corrected chi connectivity index (χ0v) is 19.3. The lowest BCUT2D eigenvalue weighted by Gasteiger charge is -2.23. The molecule has 1 fully saturated rings. The largest absolute Gasteiger partial charge is 0.497 e. The number of unbranched alkanes of at least 4 members (excludes halogenated alkanes) is 1. The Morgan fingerprint density at radius 1 is 1.09 bits per heavy atom. The van der Waals surface area contributed by atoms with E-state index in [1.807, 2.05) is 6.92 Å². The highest BCUT2D eigenvalue weighted by atomic mass is 32.2. The number of hydrogen-bond donors (Lipinski definition) is 1. The molecular formula is C24H25N3O5S. The van der Waals surface area contributed by atoms with E-state index >= 15 is 0 Å². The van der Waals surface area contributed by atoms with Gasteiger partial charge in [-0.3, -0.25) is 24.1 Å². The van der Waals surface area contributed by atoms with E-state index in [-0.39, 0.29) is 34.8 Å². The van der Waals surface area contributed by atoms with Crippen LogP contribution in [0, 0.1) is 0 Å². The Balaban J connectivity index is 1.49.